The standard InChI is InChI=1S/C17H22N2O/c1-12-4-3-8-19(9-7-12)17(20)16-11-14-6-5-13(2)10-15(14)18-16/h5-6,10-12,18H,3-4,7-9H2,1-2H3. The van der Waals surface area contributed by atoms with Crippen LogP contribution in [0.3, 0.4) is 0 Å². The summed E-state index contributed by atoms with van der Waals surface area (Å²) in [6.07, 6.45) is 3.47. The van der Waals surface area contributed by atoms with Gasteiger partial charge in [-0.25, -0.2) is 0 Å². The van der Waals surface area contributed by atoms with Gasteiger partial charge in [-0.3, -0.25) is 4.79 Å². The summed E-state index contributed by atoms with van der Waals surface area (Å²) in [7, 11) is 0. The summed E-state index contributed by atoms with van der Waals surface area (Å²) in [5.74, 6) is 0.881. The van der Waals surface area contributed by atoms with Gasteiger partial charge in [0.2, 0.25) is 0 Å². The molecule has 1 aliphatic rings. The molecule has 0 radical (unpaired) electrons. The fraction of sp³-hybridized carbons (Fsp3) is 0.471. The number of rotatable bonds is 1. The number of carbonyl (C=O) groups excluding carboxylic acids is 1. The lowest BCUT2D eigenvalue weighted by Gasteiger charge is -2.19. The molecular formula is C17H22N2O. The molecule has 1 unspecified atom stereocenters. The van der Waals surface area contributed by atoms with Crippen molar-refractivity contribution in [3.05, 3.63) is 35.5 Å². The third kappa shape index (κ3) is 2.58. The number of hydrogen-bond acceptors (Lipinski definition) is 1. The average Bonchev–Trinajstić information content (AvgIpc) is 2.72. The van der Waals surface area contributed by atoms with E-state index in [9.17, 15) is 4.79 Å². The molecule has 1 saturated heterocycles. The Labute approximate surface area is 120 Å². The quantitative estimate of drug-likeness (QED) is 0.842. The number of H-pyrrole nitrogens is 1. The number of amides is 1. The van der Waals surface area contributed by atoms with E-state index in [-0.39, 0.29) is 5.91 Å². The van der Waals surface area contributed by atoms with Gasteiger partial charge in [0.05, 0.1) is 0 Å². The van der Waals surface area contributed by atoms with Crippen molar-refractivity contribution in [2.75, 3.05) is 13.1 Å². The average molecular weight is 270 g/mol. The maximum absolute atomic E-state index is 12.6. The Morgan fingerprint density at radius 2 is 2.10 bits per heavy atom. The number of aryl methyl sites for hydroxylation is 1. The molecule has 1 fully saturated rings. The van der Waals surface area contributed by atoms with Crippen LogP contribution in [0, 0.1) is 12.8 Å². The van der Waals surface area contributed by atoms with Gasteiger partial charge in [0, 0.05) is 24.0 Å². The highest BCUT2D eigenvalue weighted by molar-refractivity contribution is 5.98. The number of benzene rings is 1. The minimum absolute atomic E-state index is 0.146. The maximum Gasteiger partial charge on any atom is 0.270 e. The highest BCUT2D eigenvalue weighted by Crippen LogP contribution is 2.21. The minimum atomic E-state index is 0.146. The number of carbonyl (C=O) groups is 1. The van der Waals surface area contributed by atoms with Crippen molar-refractivity contribution >= 4 is 16.8 Å². The Morgan fingerprint density at radius 3 is 2.95 bits per heavy atom. The predicted octanol–water partition coefficient (Wildman–Crippen LogP) is 3.74. The van der Waals surface area contributed by atoms with E-state index in [0.717, 1.165) is 48.4 Å². The highest BCUT2D eigenvalue weighted by atomic mass is 16.2. The molecular weight excluding hydrogens is 248 g/mol. The van der Waals surface area contributed by atoms with E-state index in [0.29, 0.717) is 0 Å². The fourth-order valence-corrected chi connectivity index (χ4v) is 2.99. The second-order valence-corrected chi connectivity index (χ2v) is 6.10. The van der Waals surface area contributed by atoms with E-state index < -0.39 is 0 Å². The van der Waals surface area contributed by atoms with Crippen LogP contribution in [0.1, 0.15) is 42.2 Å². The van der Waals surface area contributed by atoms with E-state index >= 15 is 0 Å². The molecule has 0 aliphatic carbocycles. The Balaban J connectivity index is 1.84. The van der Waals surface area contributed by atoms with Gasteiger partial charge in [-0.15, -0.1) is 0 Å². The Kier molecular flexibility index (Phi) is 3.51. The van der Waals surface area contributed by atoms with Gasteiger partial charge in [-0.05, 0) is 49.8 Å². The van der Waals surface area contributed by atoms with Crippen LogP contribution >= 0.6 is 0 Å². The first-order valence-electron chi connectivity index (χ1n) is 7.52. The van der Waals surface area contributed by atoms with Gasteiger partial charge in [0.15, 0.2) is 0 Å². The number of aromatic nitrogens is 1. The van der Waals surface area contributed by atoms with E-state index in [1.54, 1.807) is 0 Å². The first kappa shape index (κ1) is 13.2. The Bertz CT molecular complexity index is 629. The molecule has 3 nitrogen and oxygen atoms in total. The Morgan fingerprint density at radius 1 is 1.25 bits per heavy atom. The molecule has 1 N–H and O–H groups in total. The first-order valence-corrected chi connectivity index (χ1v) is 7.52. The van der Waals surface area contributed by atoms with Crippen molar-refractivity contribution in [2.45, 2.75) is 33.1 Å². The summed E-state index contributed by atoms with van der Waals surface area (Å²) >= 11 is 0. The van der Waals surface area contributed by atoms with E-state index in [1.165, 1.54) is 12.0 Å². The molecule has 0 saturated carbocycles. The fourth-order valence-electron chi connectivity index (χ4n) is 2.99. The second kappa shape index (κ2) is 5.31. The highest BCUT2D eigenvalue weighted by Gasteiger charge is 2.21. The summed E-state index contributed by atoms with van der Waals surface area (Å²) in [6, 6.07) is 8.22. The van der Waals surface area contributed by atoms with Crippen LogP contribution in [0.2, 0.25) is 0 Å². The van der Waals surface area contributed by atoms with Crippen molar-refractivity contribution in [1.29, 1.82) is 0 Å². The topological polar surface area (TPSA) is 36.1 Å². The number of fused-ring (bicyclic) bond motifs is 1. The summed E-state index contributed by atoms with van der Waals surface area (Å²) in [5.41, 5.74) is 2.98. The molecule has 1 amide bonds. The molecule has 1 aromatic heterocycles. The molecule has 1 aliphatic heterocycles. The zero-order valence-corrected chi connectivity index (χ0v) is 12.3. The third-order valence-electron chi connectivity index (χ3n) is 4.31. The van der Waals surface area contributed by atoms with Crippen LogP contribution in [-0.4, -0.2) is 28.9 Å². The number of hydrogen-bond donors (Lipinski definition) is 1. The van der Waals surface area contributed by atoms with Gasteiger partial charge in [0.25, 0.3) is 5.91 Å². The lowest BCUT2D eigenvalue weighted by Crippen LogP contribution is -2.32. The first-order chi connectivity index (χ1) is 9.63. The van der Waals surface area contributed by atoms with Gasteiger partial charge in [0.1, 0.15) is 5.69 Å². The summed E-state index contributed by atoms with van der Waals surface area (Å²) in [4.78, 5) is 17.9. The van der Waals surface area contributed by atoms with Crippen LogP contribution in [0.5, 0.6) is 0 Å². The van der Waals surface area contributed by atoms with Crippen molar-refractivity contribution in [1.82, 2.24) is 9.88 Å². The summed E-state index contributed by atoms with van der Waals surface area (Å²) in [6.45, 7) is 6.11. The molecule has 0 spiro atoms. The normalized spacial score (nSPS) is 20.1. The maximum atomic E-state index is 12.6. The molecule has 2 heterocycles. The van der Waals surface area contributed by atoms with Crippen LogP contribution in [-0.2, 0) is 0 Å². The van der Waals surface area contributed by atoms with Crippen molar-refractivity contribution in [3.8, 4) is 0 Å². The van der Waals surface area contributed by atoms with Gasteiger partial charge in [-0.1, -0.05) is 19.1 Å². The van der Waals surface area contributed by atoms with E-state index in [4.69, 9.17) is 0 Å². The molecule has 2 aromatic rings. The number of nitrogens with one attached hydrogen (secondary N) is 1. The lowest BCUT2D eigenvalue weighted by atomic mass is 10.0. The zero-order chi connectivity index (χ0) is 14.1. The lowest BCUT2D eigenvalue weighted by molar-refractivity contribution is 0.0755. The molecule has 0 bridgehead atoms. The van der Waals surface area contributed by atoms with E-state index in [1.807, 2.05) is 11.0 Å². The smallest absolute Gasteiger partial charge is 0.270 e. The number of likely N-dealkylation sites (tertiary alicyclic amines) is 1. The molecule has 106 valence electrons. The van der Waals surface area contributed by atoms with Gasteiger partial charge < -0.3 is 9.88 Å². The monoisotopic (exact) mass is 270 g/mol. The molecule has 1 atom stereocenters. The van der Waals surface area contributed by atoms with E-state index in [2.05, 4.69) is 37.0 Å². The summed E-state index contributed by atoms with van der Waals surface area (Å²) < 4.78 is 0. The summed E-state index contributed by atoms with van der Waals surface area (Å²) in [5, 5.41) is 1.11. The Hall–Kier alpha value is -1.77. The SMILES string of the molecule is Cc1ccc2cc(C(=O)N3CCCC(C)CC3)[nH]c2c1. The van der Waals surface area contributed by atoms with Crippen molar-refractivity contribution in [3.63, 3.8) is 0 Å². The number of nitrogens with zero attached hydrogens (tertiary/aromatic N) is 1. The largest absolute Gasteiger partial charge is 0.351 e. The minimum Gasteiger partial charge on any atom is -0.351 e. The zero-order valence-electron chi connectivity index (χ0n) is 12.3. The van der Waals surface area contributed by atoms with Crippen LogP contribution < -0.4 is 0 Å². The predicted molar refractivity (Wildman–Crippen MR) is 82.0 cm³/mol. The second-order valence-electron chi connectivity index (χ2n) is 6.10. The molecule has 1 aromatic carbocycles. The molecule has 20 heavy (non-hydrogen) atoms. The third-order valence-corrected chi connectivity index (χ3v) is 4.31. The van der Waals surface area contributed by atoms with Gasteiger partial charge in [-0.2, -0.15) is 0 Å². The van der Waals surface area contributed by atoms with Crippen LogP contribution in [0.25, 0.3) is 10.9 Å². The number of aromatic amines is 1. The van der Waals surface area contributed by atoms with Gasteiger partial charge >= 0.3 is 0 Å². The van der Waals surface area contributed by atoms with Crippen molar-refractivity contribution in [2.24, 2.45) is 5.92 Å². The van der Waals surface area contributed by atoms with Crippen LogP contribution in [0.15, 0.2) is 24.3 Å². The molecule has 3 rings (SSSR count). The van der Waals surface area contributed by atoms with Crippen LogP contribution in [0.4, 0.5) is 0 Å². The molecule has 3 heteroatoms. The van der Waals surface area contributed by atoms with Crippen molar-refractivity contribution < 1.29 is 4.79 Å².